The largest absolute Gasteiger partial charge is 0.494 e. The summed E-state index contributed by atoms with van der Waals surface area (Å²) in [6.45, 7) is 8.89. The van der Waals surface area contributed by atoms with Gasteiger partial charge in [0, 0.05) is 19.1 Å². The molecule has 0 aromatic heterocycles. The Balaban J connectivity index is 1.78. The smallest absolute Gasteiger partial charge is 0.165 e. The Morgan fingerprint density at radius 3 is 2.76 bits per heavy atom. The Kier molecular flexibility index (Phi) is 6.00. The van der Waals surface area contributed by atoms with Crippen molar-refractivity contribution in [2.75, 3.05) is 33.3 Å². The molecule has 1 aliphatic heterocycles. The molecule has 1 aromatic rings. The summed E-state index contributed by atoms with van der Waals surface area (Å²) in [6, 6.07) is 5.26. The molecule has 0 aliphatic carbocycles. The lowest BCUT2D eigenvalue weighted by atomic mass is 9.99. The highest BCUT2D eigenvalue weighted by molar-refractivity contribution is 5.31. The van der Waals surface area contributed by atoms with Gasteiger partial charge in [0.05, 0.1) is 7.11 Å². The molecule has 21 heavy (non-hydrogen) atoms. The van der Waals surface area contributed by atoms with E-state index in [2.05, 4.69) is 24.1 Å². The topological polar surface area (TPSA) is 24.5 Å². The van der Waals surface area contributed by atoms with Gasteiger partial charge in [-0.15, -0.1) is 0 Å². The molecule has 1 N–H and O–H groups in total. The van der Waals surface area contributed by atoms with Crippen molar-refractivity contribution in [1.29, 1.82) is 0 Å². The van der Waals surface area contributed by atoms with Gasteiger partial charge in [-0.3, -0.25) is 0 Å². The maximum absolute atomic E-state index is 13.4. The summed E-state index contributed by atoms with van der Waals surface area (Å²) in [4.78, 5) is 2.52. The van der Waals surface area contributed by atoms with Gasteiger partial charge in [0.1, 0.15) is 0 Å². The van der Waals surface area contributed by atoms with Crippen molar-refractivity contribution in [3.05, 3.63) is 29.6 Å². The number of likely N-dealkylation sites (tertiary alicyclic amines) is 1. The molecule has 1 fully saturated rings. The zero-order chi connectivity index (χ0) is 15.2. The predicted molar refractivity (Wildman–Crippen MR) is 84.2 cm³/mol. The minimum Gasteiger partial charge on any atom is -0.494 e. The summed E-state index contributed by atoms with van der Waals surface area (Å²) >= 11 is 0. The van der Waals surface area contributed by atoms with Gasteiger partial charge in [0.2, 0.25) is 0 Å². The van der Waals surface area contributed by atoms with Crippen LogP contribution >= 0.6 is 0 Å². The lowest BCUT2D eigenvalue weighted by Crippen LogP contribution is -2.38. The van der Waals surface area contributed by atoms with Crippen LogP contribution in [0.5, 0.6) is 5.75 Å². The van der Waals surface area contributed by atoms with E-state index in [0.29, 0.717) is 5.75 Å². The number of halogens is 1. The molecule has 1 aromatic carbocycles. The highest BCUT2D eigenvalue weighted by Gasteiger charge is 2.15. The second kappa shape index (κ2) is 7.76. The third-order valence-electron chi connectivity index (χ3n) is 4.43. The highest BCUT2D eigenvalue weighted by Crippen LogP contribution is 2.22. The molecule has 1 atom stereocenters. The van der Waals surface area contributed by atoms with E-state index in [9.17, 15) is 4.39 Å². The van der Waals surface area contributed by atoms with Gasteiger partial charge in [-0.25, -0.2) is 4.39 Å². The number of rotatable bonds is 6. The van der Waals surface area contributed by atoms with Crippen LogP contribution in [0.25, 0.3) is 0 Å². The molecule has 1 aliphatic rings. The van der Waals surface area contributed by atoms with Crippen molar-refractivity contribution >= 4 is 0 Å². The lowest BCUT2D eigenvalue weighted by Gasteiger charge is -2.30. The van der Waals surface area contributed by atoms with Gasteiger partial charge in [-0.05, 0) is 56.5 Å². The molecule has 1 heterocycles. The molecule has 3 nitrogen and oxygen atoms in total. The van der Waals surface area contributed by atoms with Crippen molar-refractivity contribution in [3.8, 4) is 5.75 Å². The third kappa shape index (κ3) is 4.68. The van der Waals surface area contributed by atoms with Crippen LogP contribution in [0.4, 0.5) is 4.39 Å². The number of piperidine rings is 1. The van der Waals surface area contributed by atoms with E-state index < -0.39 is 0 Å². The number of benzene rings is 1. The van der Waals surface area contributed by atoms with Crippen LogP contribution in [0, 0.1) is 11.7 Å². The van der Waals surface area contributed by atoms with Crippen molar-refractivity contribution in [1.82, 2.24) is 10.2 Å². The van der Waals surface area contributed by atoms with Gasteiger partial charge < -0.3 is 15.0 Å². The summed E-state index contributed by atoms with van der Waals surface area (Å²) in [7, 11) is 1.50. The average Bonchev–Trinajstić information content (AvgIpc) is 2.49. The molecule has 1 saturated heterocycles. The van der Waals surface area contributed by atoms with Crippen LogP contribution in [-0.4, -0.2) is 38.2 Å². The summed E-state index contributed by atoms with van der Waals surface area (Å²) in [5.74, 6) is 0.877. The van der Waals surface area contributed by atoms with Gasteiger partial charge in [0.15, 0.2) is 11.6 Å². The summed E-state index contributed by atoms with van der Waals surface area (Å²) in [5.41, 5.74) is 1.06. The third-order valence-corrected chi connectivity index (χ3v) is 4.43. The van der Waals surface area contributed by atoms with Gasteiger partial charge in [-0.2, -0.15) is 0 Å². The number of nitrogens with zero attached hydrogens (tertiary/aromatic N) is 1. The first-order valence-electron chi connectivity index (χ1n) is 7.89. The Hall–Kier alpha value is -1.13. The molecule has 0 radical (unpaired) electrons. The Morgan fingerprint density at radius 1 is 1.38 bits per heavy atom. The predicted octanol–water partition coefficient (Wildman–Crippen LogP) is 3.22. The molecule has 118 valence electrons. The normalized spacial score (nSPS) is 18.7. The highest BCUT2D eigenvalue weighted by atomic mass is 19.1. The number of ether oxygens (including phenoxy) is 1. The van der Waals surface area contributed by atoms with E-state index in [1.54, 1.807) is 6.07 Å². The van der Waals surface area contributed by atoms with Crippen LogP contribution in [0.2, 0.25) is 0 Å². The maximum Gasteiger partial charge on any atom is 0.165 e. The van der Waals surface area contributed by atoms with Crippen molar-refractivity contribution in [2.45, 2.75) is 32.7 Å². The summed E-state index contributed by atoms with van der Waals surface area (Å²) in [6.07, 6.45) is 2.62. The molecular formula is C17H27FN2O. The SMILES string of the molecule is COc1cc(C(C)NCCN2CCC(C)CC2)ccc1F. The molecule has 4 heteroatoms. The molecule has 2 rings (SSSR count). The zero-order valence-corrected chi connectivity index (χ0v) is 13.4. The number of hydrogen-bond donors (Lipinski definition) is 1. The summed E-state index contributed by atoms with van der Waals surface area (Å²) in [5, 5.41) is 3.51. The first-order chi connectivity index (χ1) is 10.1. The molecule has 1 unspecified atom stereocenters. The number of methoxy groups -OCH3 is 1. The van der Waals surface area contributed by atoms with E-state index in [1.165, 1.54) is 39.1 Å². The van der Waals surface area contributed by atoms with Crippen LogP contribution in [-0.2, 0) is 0 Å². The first kappa shape index (κ1) is 16.2. The van der Waals surface area contributed by atoms with Crippen molar-refractivity contribution < 1.29 is 9.13 Å². The maximum atomic E-state index is 13.4. The molecular weight excluding hydrogens is 267 g/mol. The van der Waals surface area contributed by atoms with Crippen molar-refractivity contribution in [2.24, 2.45) is 5.92 Å². The lowest BCUT2D eigenvalue weighted by molar-refractivity contribution is 0.191. The Bertz CT molecular complexity index is 444. The van der Waals surface area contributed by atoms with Crippen LogP contribution in [0.3, 0.4) is 0 Å². The molecule has 0 amide bonds. The first-order valence-corrected chi connectivity index (χ1v) is 7.89. The van der Waals surface area contributed by atoms with Crippen LogP contribution < -0.4 is 10.1 Å². The fourth-order valence-electron chi connectivity index (χ4n) is 2.79. The fourth-order valence-corrected chi connectivity index (χ4v) is 2.79. The second-order valence-electron chi connectivity index (χ2n) is 6.09. The summed E-state index contributed by atoms with van der Waals surface area (Å²) < 4.78 is 18.4. The number of hydrogen-bond acceptors (Lipinski definition) is 3. The molecule has 0 bridgehead atoms. The quantitative estimate of drug-likeness (QED) is 0.872. The fraction of sp³-hybridized carbons (Fsp3) is 0.647. The average molecular weight is 294 g/mol. The van der Waals surface area contributed by atoms with E-state index in [1.807, 2.05) is 6.07 Å². The van der Waals surface area contributed by atoms with E-state index in [4.69, 9.17) is 4.74 Å². The second-order valence-corrected chi connectivity index (χ2v) is 6.09. The zero-order valence-electron chi connectivity index (χ0n) is 13.4. The van der Waals surface area contributed by atoms with Crippen LogP contribution in [0.15, 0.2) is 18.2 Å². The standard InChI is InChI=1S/C17H27FN2O/c1-13-6-9-20(10-7-13)11-8-19-14(2)15-4-5-16(18)17(12-15)21-3/h4-5,12-14,19H,6-11H2,1-3H3. The van der Waals surface area contributed by atoms with Crippen molar-refractivity contribution in [3.63, 3.8) is 0 Å². The molecule has 0 spiro atoms. The van der Waals surface area contributed by atoms with Gasteiger partial charge >= 0.3 is 0 Å². The van der Waals surface area contributed by atoms with Crippen LogP contribution in [0.1, 0.15) is 38.3 Å². The monoisotopic (exact) mass is 294 g/mol. The van der Waals surface area contributed by atoms with Gasteiger partial charge in [-0.1, -0.05) is 13.0 Å². The minimum absolute atomic E-state index is 0.197. The van der Waals surface area contributed by atoms with E-state index in [-0.39, 0.29) is 11.9 Å². The van der Waals surface area contributed by atoms with E-state index >= 15 is 0 Å². The number of nitrogens with one attached hydrogen (secondary N) is 1. The minimum atomic E-state index is -0.309. The molecule has 0 saturated carbocycles. The Morgan fingerprint density at radius 2 is 2.10 bits per heavy atom. The van der Waals surface area contributed by atoms with Gasteiger partial charge in [0.25, 0.3) is 0 Å². The van der Waals surface area contributed by atoms with E-state index in [0.717, 1.165) is 24.6 Å². The Labute approximate surface area is 127 Å².